The maximum Gasteiger partial charge on any atom is 0.236 e. The molecular formula is C10H21N3OS. The Morgan fingerprint density at radius 3 is 2.33 bits per heavy atom. The van der Waals surface area contributed by atoms with Gasteiger partial charge in [-0.15, -0.1) is 0 Å². The number of thiocarbonyl (C=S) groups is 1. The molecule has 1 atom stereocenters. The maximum atomic E-state index is 11.6. The molecule has 0 aromatic heterocycles. The van der Waals surface area contributed by atoms with Crippen LogP contribution < -0.4 is 5.73 Å². The van der Waals surface area contributed by atoms with E-state index >= 15 is 0 Å². The largest absolute Gasteiger partial charge is 0.392 e. The number of likely N-dealkylation sites (N-methyl/N-ethyl adjacent to an activating group) is 1. The second-order valence-electron chi connectivity index (χ2n) is 3.84. The molecule has 0 bridgehead atoms. The van der Waals surface area contributed by atoms with Crippen molar-refractivity contribution in [1.29, 1.82) is 0 Å². The van der Waals surface area contributed by atoms with E-state index in [1.165, 1.54) is 0 Å². The van der Waals surface area contributed by atoms with E-state index in [1.807, 2.05) is 11.8 Å². The molecule has 0 radical (unpaired) electrons. The lowest BCUT2D eigenvalue weighted by Crippen LogP contribution is -2.46. The molecule has 1 amide bonds. The molecular weight excluding hydrogens is 210 g/mol. The summed E-state index contributed by atoms with van der Waals surface area (Å²) in [6.07, 6.45) is 0.980. The van der Waals surface area contributed by atoms with E-state index in [-0.39, 0.29) is 11.9 Å². The van der Waals surface area contributed by atoms with Crippen molar-refractivity contribution in [2.45, 2.75) is 26.3 Å². The van der Waals surface area contributed by atoms with E-state index in [2.05, 4.69) is 6.92 Å². The molecule has 0 heterocycles. The second-order valence-corrected chi connectivity index (χ2v) is 4.31. The molecule has 0 fully saturated rings. The van der Waals surface area contributed by atoms with Gasteiger partial charge in [-0.25, -0.2) is 0 Å². The Labute approximate surface area is 97.4 Å². The first kappa shape index (κ1) is 14.3. The Balaban J connectivity index is 4.39. The first-order valence-corrected chi connectivity index (χ1v) is 5.54. The zero-order chi connectivity index (χ0) is 12.0. The fraction of sp³-hybridized carbons (Fsp3) is 0.800. The molecule has 0 aliphatic heterocycles. The third kappa shape index (κ3) is 5.09. The summed E-state index contributed by atoms with van der Waals surface area (Å²) < 4.78 is 0. The monoisotopic (exact) mass is 231 g/mol. The van der Waals surface area contributed by atoms with Gasteiger partial charge in [-0.3, -0.25) is 9.69 Å². The van der Waals surface area contributed by atoms with Crippen LogP contribution in [0.4, 0.5) is 0 Å². The topological polar surface area (TPSA) is 49.6 Å². The van der Waals surface area contributed by atoms with Crippen molar-refractivity contribution < 1.29 is 4.79 Å². The number of rotatable bonds is 6. The Morgan fingerprint density at radius 2 is 2.00 bits per heavy atom. The Hall–Kier alpha value is -0.680. The fourth-order valence-electron chi connectivity index (χ4n) is 1.19. The third-order valence-electron chi connectivity index (χ3n) is 2.31. The molecule has 4 nitrogen and oxygen atoms in total. The molecule has 0 saturated carbocycles. The van der Waals surface area contributed by atoms with Crippen LogP contribution in [-0.4, -0.2) is 53.9 Å². The van der Waals surface area contributed by atoms with Crippen LogP contribution in [0.5, 0.6) is 0 Å². The lowest BCUT2D eigenvalue weighted by Gasteiger charge is -2.28. The number of hydrogen-bond donors (Lipinski definition) is 1. The summed E-state index contributed by atoms with van der Waals surface area (Å²) in [4.78, 5) is 15.6. The molecule has 0 rings (SSSR count). The van der Waals surface area contributed by atoms with Crippen LogP contribution in [0.15, 0.2) is 0 Å². The fourth-order valence-corrected chi connectivity index (χ4v) is 1.34. The smallest absolute Gasteiger partial charge is 0.236 e. The highest BCUT2D eigenvalue weighted by Gasteiger charge is 2.18. The van der Waals surface area contributed by atoms with Crippen LogP contribution in [0.2, 0.25) is 0 Å². The van der Waals surface area contributed by atoms with Crippen molar-refractivity contribution in [3.05, 3.63) is 0 Å². The zero-order valence-electron chi connectivity index (χ0n) is 9.99. The average Bonchev–Trinajstić information content (AvgIpc) is 2.15. The Kier molecular flexibility index (Phi) is 6.43. The molecule has 0 saturated heterocycles. The van der Waals surface area contributed by atoms with E-state index in [0.717, 1.165) is 13.0 Å². The summed E-state index contributed by atoms with van der Waals surface area (Å²) in [7, 11) is 3.50. The SMILES string of the molecule is CCCN(CC(=O)N(C)C)C(C)C(N)=S. The van der Waals surface area contributed by atoms with Crippen molar-refractivity contribution in [3.8, 4) is 0 Å². The first-order chi connectivity index (χ1) is 6.90. The number of hydrogen-bond acceptors (Lipinski definition) is 3. The number of nitrogens with two attached hydrogens (primary N) is 1. The van der Waals surface area contributed by atoms with Crippen LogP contribution in [0.1, 0.15) is 20.3 Å². The maximum absolute atomic E-state index is 11.6. The highest BCUT2D eigenvalue weighted by atomic mass is 32.1. The van der Waals surface area contributed by atoms with Gasteiger partial charge in [-0.05, 0) is 19.9 Å². The van der Waals surface area contributed by atoms with Gasteiger partial charge in [0.05, 0.1) is 17.6 Å². The van der Waals surface area contributed by atoms with Crippen LogP contribution in [0.3, 0.4) is 0 Å². The summed E-state index contributed by atoms with van der Waals surface area (Å²) in [5.41, 5.74) is 5.58. The standard InChI is InChI=1S/C10H21N3OS/c1-5-6-13(8(2)10(11)15)7-9(14)12(3)4/h8H,5-7H2,1-4H3,(H2,11,15). The predicted molar refractivity (Wildman–Crippen MR) is 66.8 cm³/mol. The van der Waals surface area contributed by atoms with E-state index in [1.54, 1.807) is 19.0 Å². The van der Waals surface area contributed by atoms with Gasteiger partial charge in [0.2, 0.25) is 5.91 Å². The molecule has 15 heavy (non-hydrogen) atoms. The number of carbonyl (C=O) groups excluding carboxylic acids is 1. The molecule has 5 heteroatoms. The van der Waals surface area contributed by atoms with Crippen molar-refractivity contribution in [1.82, 2.24) is 9.80 Å². The summed E-state index contributed by atoms with van der Waals surface area (Å²) >= 11 is 4.94. The van der Waals surface area contributed by atoms with E-state index < -0.39 is 0 Å². The quantitative estimate of drug-likeness (QED) is 0.675. The minimum atomic E-state index is -0.0242. The number of amides is 1. The molecule has 0 aromatic rings. The molecule has 0 aliphatic carbocycles. The van der Waals surface area contributed by atoms with E-state index in [0.29, 0.717) is 11.5 Å². The van der Waals surface area contributed by atoms with Crippen molar-refractivity contribution in [2.24, 2.45) is 5.73 Å². The first-order valence-electron chi connectivity index (χ1n) is 5.13. The lowest BCUT2D eigenvalue weighted by molar-refractivity contribution is -0.130. The Morgan fingerprint density at radius 1 is 1.47 bits per heavy atom. The second kappa shape index (κ2) is 6.74. The minimum Gasteiger partial charge on any atom is -0.392 e. The van der Waals surface area contributed by atoms with Gasteiger partial charge in [0.25, 0.3) is 0 Å². The van der Waals surface area contributed by atoms with Gasteiger partial charge in [-0.1, -0.05) is 19.1 Å². The van der Waals surface area contributed by atoms with Crippen LogP contribution in [-0.2, 0) is 4.79 Å². The van der Waals surface area contributed by atoms with Gasteiger partial charge in [-0.2, -0.15) is 0 Å². The predicted octanol–water partition coefficient (Wildman–Crippen LogP) is 0.461. The van der Waals surface area contributed by atoms with Crippen LogP contribution >= 0.6 is 12.2 Å². The van der Waals surface area contributed by atoms with Crippen molar-refractivity contribution in [3.63, 3.8) is 0 Å². The van der Waals surface area contributed by atoms with Crippen LogP contribution in [0.25, 0.3) is 0 Å². The molecule has 0 aromatic carbocycles. The normalized spacial score (nSPS) is 12.6. The molecule has 0 spiro atoms. The lowest BCUT2D eigenvalue weighted by atomic mass is 10.2. The Bertz CT molecular complexity index is 231. The average molecular weight is 231 g/mol. The summed E-state index contributed by atoms with van der Waals surface area (Å²) in [5, 5.41) is 0. The van der Waals surface area contributed by atoms with E-state index in [9.17, 15) is 4.79 Å². The highest BCUT2D eigenvalue weighted by molar-refractivity contribution is 7.80. The molecule has 1 unspecified atom stereocenters. The third-order valence-corrected chi connectivity index (χ3v) is 2.65. The summed E-state index contributed by atoms with van der Waals surface area (Å²) in [6, 6.07) is -0.0242. The zero-order valence-corrected chi connectivity index (χ0v) is 10.8. The van der Waals surface area contributed by atoms with E-state index in [4.69, 9.17) is 18.0 Å². The van der Waals surface area contributed by atoms with Gasteiger partial charge >= 0.3 is 0 Å². The van der Waals surface area contributed by atoms with Gasteiger partial charge in [0.15, 0.2) is 0 Å². The molecule has 0 aliphatic rings. The van der Waals surface area contributed by atoms with Crippen molar-refractivity contribution >= 4 is 23.1 Å². The van der Waals surface area contributed by atoms with Crippen LogP contribution in [0, 0.1) is 0 Å². The van der Waals surface area contributed by atoms with Crippen molar-refractivity contribution in [2.75, 3.05) is 27.2 Å². The number of nitrogens with zero attached hydrogens (tertiary/aromatic N) is 2. The summed E-state index contributed by atoms with van der Waals surface area (Å²) in [6.45, 7) is 5.21. The van der Waals surface area contributed by atoms with Gasteiger partial charge in [0, 0.05) is 14.1 Å². The summed E-state index contributed by atoms with van der Waals surface area (Å²) in [5.74, 6) is 0.0755. The highest BCUT2D eigenvalue weighted by Crippen LogP contribution is 2.01. The van der Waals surface area contributed by atoms with Gasteiger partial charge in [0.1, 0.15) is 0 Å². The number of carbonyl (C=O) groups is 1. The van der Waals surface area contributed by atoms with Gasteiger partial charge < -0.3 is 10.6 Å². The minimum absolute atomic E-state index is 0.0242. The molecule has 88 valence electrons. The molecule has 2 N–H and O–H groups in total.